The number of anilines is 1. The second kappa shape index (κ2) is 7.30. The molecule has 1 amide bonds. The third kappa shape index (κ3) is 3.82. The van der Waals surface area contributed by atoms with Crippen molar-refractivity contribution >= 4 is 17.7 Å². The Morgan fingerprint density at radius 2 is 1.88 bits per heavy atom. The van der Waals surface area contributed by atoms with Crippen molar-refractivity contribution in [1.82, 2.24) is 4.90 Å². The molecule has 1 N–H and O–H groups in total. The summed E-state index contributed by atoms with van der Waals surface area (Å²) in [7, 11) is 0. The lowest BCUT2D eigenvalue weighted by atomic mass is 10.0. The SMILES string of the molecule is C=Cc1ccc(C(=O)N2CCC[C@@H](Nc3ccc(F)cc3)C2)cc1. The highest BCUT2D eigenvalue weighted by atomic mass is 19.1. The van der Waals surface area contributed by atoms with E-state index >= 15 is 0 Å². The monoisotopic (exact) mass is 324 g/mol. The van der Waals surface area contributed by atoms with Gasteiger partial charge in [-0.15, -0.1) is 0 Å². The van der Waals surface area contributed by atoms with Crippen molar-refractivity contribution in [2.45, 2.75) is 18.9 Å². The van der Waals surface area contributed by atoms with Gasteiger partial charge in [-0.25, -0.2) is 4.39 Å². The number of amides is 1. The molecular formula is C20H21FN2O. The second-order valence-corrected chi connectivity index (χ2v) is 6.07. The van der Waals surface area contributed by atoms with Crippen molar-refractivity contribution in [3.05, 3.63) is 72.1 Å². The Kier molecular flexibility index (Phi) is 4.94. The third-order valence-electron chi connectivity index (χ3n) is 4.32. The zero-order valence-corrected chi connectivity index (χ0v) is 13.5. The Bertz CT molecular complexity index is 709. The van der Waals surface area contributed by atoms with Crippen LogP contribution in [0.5, 0.6) is 0 Å². The number of nitrogens with zero attached hydrogens (tertiary/aromatic N) is 1. The number of halogens is 1. The predicted octanol–water partition coefficient (Wildman–Crippen LogP) is 4.19. The average Bonchev–Trinajstić information content (AvgIpc) is 2.63. The maximum absolute atomic E-state index is 13.0. The summed E-state index contributed by atoms with van der Waals surface area (Å²) in [5.41, 5.74) is 2.58. The van der Waals surface area contributed by atoms with E-state index in [0.717, 1.165) is 30.6 Å². The van der Waals surface area contributed by atoms with Gasteiger partial charge in [-0.05, 0) is 54.8 Å². The van der Waals surface area contributed by atoms with Crippen LogP contribution in [0, 0.1) is 5.82 Å². The summed E-state index contributed by atoms with van der Waals surface area (Å²) in [5, 5.41) is 3.39. The average molecular weight is 324 g/mol. The third-order valence-corrected chi connectivity index (χ3v) is 4.32. The van der Waals surface area contributed by atoms with Crippen molar-refractivity contribution in [1.29, 1.82) is 0 Å². The summed E-state index contributed by atoms with van der Waals surface area (Å²) in [5.74, 6) is -0.194. The first-order valence-corrected chi connectivity index (χ1v) is 8.19. The molecule has 0 radical (unpaired) electrons. The van der Waals surface area contributed by atoms with Crippen LogP contribution in [0.4, 0.5) is 10.1 Å². The molecule has 24 heavy (non-hydrogen) atoms. The topological polar surface area (TPSA) is 32.3 Å². The van der Waals surface area contributed by atoms with Crippen LogP contribution in [0.25, 0.3) is 6.08 Å². The Balaban J connectivity index is 1.64. The zero-order chi connectivity index (χ0) is 16.9. The van der Waals surface area contributed by atoms with Crippen molar-refractivity contribution < 1.29 is 9.18 Å². The summed E-state index contributed by atoms with van der Waals surface area (Å²) >= 11 is 0. The van der Waals surface area contributed by atoms with Crippen LogP contribution >= 0.6 is 0 Å². The first kappa shape index (κ1) is 16.2. The molecule has 0 aliphatic carbocycles. The van der Waals surface area contributed by atoms with E-state index in [1.54, 1.807) is 18.2 Å². The van der Waals surface area contributed by atoms with Gasteiger partial charge in [-0.1, -0.05) is 24.8 Å². The molecule has 0 bridgehead atoms. The molecule has 3 rings (SSSR count). The Hall–Kier alpha value is -2.62. The van der Waals surface area contributed by atoms with Crippen LogP contribution in [0.3, 0.4) is 0 Å². The normalized spacial score (nSPS) is 17.4. The van der Waals surface area contributed by atoms with E-state index in [-0.39, 0.29) is 17.8 Å². The molecule has 0 saturated carbocycles. The maximum atomic E-state index is 13.0. The molecule has 2 aromatic carbocycles. The molecule has 0 spiro atoms. The number of carbonyl (C=O) groups is 1. The van der Waals surface area contributed by atoms with Gasteiger partial charge in [0.05, 0.1) is 0 Å². The van der Waals surface area contributed by atoms with Crippen LogP contribution in [0.15, 0.2) is 55.1 Å². The molecule has 3 nitrogen and oxygen atoms in total. The van der Waals surface area contributed by atoms with Gasteiger partial charge >= 0.3 is 0 Å². The van der Waals surface area contributed by atoms with Gasteiger partial charge in [0.15, 0.2) is 0 Å². The molecular weight excluding hydrogens is 303 g/mol. The molecule has 1 aliphatic rings. The van der Waals surface area contributed by atoms with Crippen molar-refractivity contribution in [2.75, 3.05) is 18.4 Å². The van der Waals surface area contributed by atoms with Crippen molar-refractivity contribution in [3.8, 4) is 0 Å². The molecule has 1 heterocycles. The number of rotatable bonds is 4. The van der Waals surface area contributed by atoms with Crippen LogP contribution in [-0.2, 0) is 0 Å². The van der Waals surface area contributed by atoms with E-state index in [4.69, 9.17) is 0 Å². The molecule has 1 atom stereocenters. The summed E-state index contributed by atoms with van der Waals surface area (Å²) in [4.78, 5) is 14.5. The van der Waals surface area contributed by atoms with Crippen LogP contribution < -0.4 is 5.32 Å². The van der Waals surface area contributed by atoms with E-state index in [9.17, 15) is 9.18 Å². The second-order valence-electron chi connectivity index (χ2n) is 6.07. The number of benzene rings is 2. The van der Waals surface area contributed by atoms with Crippen molar-refractivity contribution in [3.63, 3.8) is 0 Å². The number of piperidine rings is 1. The molecule has 1 fully saturated rings. The molecule has 0 aromatic heterocycles. The molecule has 0 unspecified atom stereocenters. The molecule has 4 heteroatoms. The minimum atomic E-state index is -0.246. The van der Waals surface area contributed by atoms with Gasteiger partial charge in [0.1, 0.15) is 5.82 Å². The fourth-order valence-corrected chi connectivity index (χ4v) is 3.01. The number of hydrogen-bond donors (Lipinski definition) is 1. The van der Waals surface area contributed by atoms with Gasteiger partial charge in [-0.3, -0.25) is 4.79 Å². The van der Waals surface area contributed by atoms with Gasteiger partial charge in [0.2, 0.25) is 0 Å². The molecule has 124 valence electrons. The number of likely N-dealkylation sites (tertiary alicyclic amines) is 1. The maximum Gasteiger partial charge on any atom is 0.253 e. The zero-order valence-electron chi connectivity index (χ0n) is 13.5. The predicted molar refractivity (Wildman–Crippen MR) is 95.5 cm³/mol. The minimum Gasteiger partial charge on any atom is -0.381 e. The van der Waals surface area contributed by atoms with Gasteiger partial charge in [0, 0.05) is 30.4 Å². The number of carbonyl (C=O) groups excluding carboxylic acids is 1. The highest BCUT2D eigenvalue weighted by Gasteiger charge is 2.24. The smallest absolute Gasteiger partial charge is 0.253 e. The van der Waals surface area contributed by atoms with Crippen LogP contribution in [0.2, 0.25) is 0 Å². The summed E-state index contributed by atoms with van der Waals surface area (Å²) in [6, 6.07) is 14.0. The minimum absolute atomic E-state index is 0.0521. The Labute approximate surface area is 141 Å². The van der Waals surface area contributed by atoms with E-state index in [0.29, 0.717) is 12.1 Å². The van der Waals surface area contributed by atoms with Crippen LogP contribution in [0.1, 0.15) is 28.8 Å². The van der Waals surface area contributed by atoms with Gasteiger partial charge in [0.25, 0.3) is 5.91 Å². The first-order chi connectivity index (χ1) is 11.7. The fourth-order valence-electron chi connectivity index (χ4n) is 3.01. The van der Waals surface area contributed by atoms with E-state index in [1.807, 2.05) is 29.2 Å². The summed E-state index contributed by atoms with van der Waals surface area (Å²) in [6.07, 6.45) is 3.71. The lowest BCUT2D eigenvalue weighted by molar-refractivity contribution is 0.0715. The fraction of sp³-hybridized carbons (Fsp3) is 0.250. The first-order valence-electron chi connectivity index (χ1n) is 8.19. The van der Waals surface area contributed by atoms with Gasteiger partial charge < -0.3 is 10.2 Å². The quantitative estimate of drug-likeness (QED) is 0.915. The van der Waals surface area contributed by atoms with E-state index in [1.165, 1.54) is 12.1 Å². The van der Waals surface area contributed by atoms with Crippen LogP contribution in [-0.4, -0.2) is 29.9 Å². The Morgan fingerprint density at radius 1 is 1.17 bits per heavy atom. The van der Waals surface area contributed by atoms with E-state index in [2.05, 4.69) is 11.9 Å². The lowest BCUT2D eigenvalue weighted by Gasteiger charge is -2.33. The lowest BCUT2D eigenvalue weighted by Crippen LogP contribution is -2.45. The molecule has 1 aliphatic heterocycles. The number of nitrogens with one attached hydrogen (secondary N) is 1. The highest BCUT2D eigenvalue weighted by molar-refractivity contribution is 5.94. The summed E-state index contributed by atoms with van der Waals surface area (Å²) < 4.78 is 13.0. The number of hydrogen-bond acceptors (Lipinski definition) is 2. The molecule has 2 aromatic rings. The molecule has 1 saturated heterocycles. The standard InChI is InChI=1S/C20H21FN2O/c1-2-15-5-7-16(8-6-15)20(24)23-13-3-4-19(14-23)22-18-11-9-17(21)10-12-18/h2,5-12,19,22H,1,3-4,13-14H2/t19-/m1/s1. The van der Waals surface area contributed by atoms with E-state index < -0.39 is 0 Å². The van der Waals surface area contributed by atoms with Crippen molar-refractivity contribution in [2.24, 2.45) is 0 Å². The summed E-state index contributed by atoms with van der Waals surface area (Å²) in [6.45, 7) is 5.14. The largest absolute Gasteiger partial charge is 0.381 e. The van der Waals surface area contributed by atoms with Gasteiger partial charge in [-0.2, -0.15) is 0 Å². The highest BCUT2D eigenvalue weighted by Crippen LogP contribution is 2.18. The Morgan fingerprint density at radius 3 is 2.54 bits per heavy atom.